The summed E-state index contributed by atoms with van der Waals surface area (Å²) >= 11 is 0. The van der Waals surface area contributed by atoms with Crippen molar-refractivity contribution < 1.29 is 9.18 Å². The third kappa shape index (κ3) is 4.42. The van der Waals surface area contributed by atoms with Crippen LogP contribution in [-0.4, -0.2) is 5.91 Å². The maximum atomic E-state index is 13.5. The number of rotatable bonds is 6. The van der Waals surface area contributed by atoms with Gasteiger partial charge in [-0.15, -0.1) is 0 Å². The van der Waals surface area contributed by atoms with Gasteiger partial charge in [-0.1, -0.05) is 55.0 Å². The van der Waals surface area contributed by atoms with Crippen LogP contribution in [0, 0.1) is 12.7 Å². The first kappa shape index (κ1) is 16.2. The van der Waals surface area contributed by atoms with Gasteiger partial charge in [-0.25, -0.2) is 4.39 Å². The van der Waals surface area contributed by atoms with Crippen LogP contribution >= 0.6 is 0 Å². The molecule has 0 aliphatic heterocycles. The maximum absolute atomic E-state index is 13.5. The zero-order valence-electron chi connectivity index (χ0n) is 13.1. The predicted octanol–water partition coefficient (Wildman–Crippen LogP) is 4.33. The van der Waals surface area contributed by atoms with Crippen molar-refractivity contribution in [3.63, 3.8) is 0 Å². The molecule has 0 aliphatic rings. The van der Waals surface area contributed by atoms with E-state index in [2.05, 4.69) is 5.32 Å². The largest absolute Gasteiger partial charge is 0.349 e. The van der Waals surface area contributed by atoms with Crippen LogP contribution in [0.3, 0.4) is 0 Å². The molecule has 22 heavy (non-hydrogen) atoms. The molecule has 3 heteroatoms. The standard InChI is InChI=1S/C19H22FNO/c1-3-18(16-10-8-14(2)9-11-16)21-19(22)13-12-15-6-4-5-7-17(15)20/h4-11,18H,3,12-13H2,1-2H3,(H,21,22)/t18-/m1/s1. The molecule has 116 valence electrons. The van der Waals surface area contributed by atoms with Crippen molar-refractivity contribution in [1.82, 2.24) is 5.32 Å². The third-order valence-corrected chi connectivity index (χ3v) is 3.80. The average molecular weight is 299 g/mol. The van der Waals surface area contributed by atoms with Crippen molar-refractivity contribution in [2.24, 2.45) is 0 Å². The van der Waals surface area contributed by atoms with E-state index in [0.29, 0.717) is 18.4 Å². The second kappa shape index (κ2) is 7.74. The second-order valence-corrected chi connectivity index (χ2v) is 5.53. The Bertz CT molecular complexity index is 622. The molecule has 0 fully saturated rings. The Kier molecular flexibility index (Phi) is 5.70. The van der Waals surface area contributed by atoms with E-state index < -0.39 is 0 Å². The Morgan fingerprint density at radius 3 is 2.45 bits per heavy atom. The van der Waals surface area contributed by atoms with Crippen LogP contribution in [0.1, 0.15) is 42.5 Å². The highest BCUT2D eigenvalue weighted by molar-refractivity contribution is 5.76. The first-order chi connectivity index (χ1) is 10.6. The zero-order valence-corrected chi connectivity index (χ0v) is 13.1. The number of halogens is 1. The molecular formula is C19H22FNO. The van der Waals surface area contributed by atoms with Gasteiger partial charge < -0.3 is 5.32 Å². The number of carbonyl (C=O) groups is 1. The fourth-order valence-corrected chi connectivity index (χ4v) is 2.44. The van der Waals surface area contributed by atoms with E-state index in [0.717, 1.165) is 12.0 Å². The van der Waals surface area contributed by atoms with Gasteiger partial charge in [0.1, 0.15) is 5.82 Å². The quantitative estimate of drug-likeness (QED) is 0.845. The zero-order chi connectivity index (χ0) is 15.9. The van der Waals surface area contributed by atoms with E-state index in [4.69, 9.17) is 0 Å². The van der Waals surface area contributed by atoms with Gasteiger partial charge in [0.05, 0.1) is 6.04 Å². The molecule has 0 bridgehead atoms. The number of aryl methyl sites for hydroxylation is 2. The fraction of sp³-hybridized carbons (Fsp3) is 0.316. The van der Waals surface area contributed by atoms with Crippen LogP contribution in [0.5, 0.6) is 0 Å². The summed E-state index contributed by atoms with van der Waals surface area (Å²) in [5.41, 5.74) is 2.89. The van der Waals surface area contributed by atoms with E-state index in [1.807, 2.05) is 38.1 Å². The summed E-state index contributed by atoms with van der Waals surface area (Å²) in [5, 5.41) is 3.03. The summed E-state index contributed by atoms with van der Waals surface area (Å²) in [6, 6.07) is 14.8. The summed E-state index contributed by atoms with van der Waals surface area (Å²) < 4.78 is 13.5. The van der Waals surface area contributed by atoms with Crippen LogP contribution in [0.4, 0.5) is 4.39 Å². The van der Waals surface area contributed by atoms with E-state index in [-0.39, 0.29) is 17.8 Å². The molecule has 2 rings (SSSR count). The smallest absolute Gasteiger partial charge is 0.220 e. The average Bonchev–Trinajstić information content (AvgIpc) is 2.53. The number of amides is 1. The maximum Gasteiger partial charge on any atom is 0.220 e. The molecule has 0 radical (unpaired) electrons. The van der Waals surface area contributed by atoms with E-state index in [1.54, 1.807) is 18.2 Å². The van der Waals surface area contributed by atoms with Gasteiger partial charge in [-0.3, -0.25) is 4.79 Å². The number of nitrogens with one attached hydrogen (secondary N) is 1. The Labute approximate surface area is 131 Å². The van der Waals surface area contributed by atoms with Crippen molar-refractivity contribution in [3.05, 3.63) is 71.0 Å². The molecule has 0 spiro atoms. The molecule has 2 nitrogen and oxygen atoms in total. The lowest BCUT2D eigenvalue weighted by molar-refractivity contribution is -0.121. The normalized spacial score (nSPS) is 12.0. The first-order valence-corrected chi connectivity index (χ1v) is 7.69. The number of carbonyl (C=O) groups excluding carboxylic acids is 1. The summed E-state index contributed by atoms with van der Waals surface area (Å²) in [6.45, 7) is 4.08. The van der Waals surface area contributed by atoms with Crippen LogP contribution in [0.2, 0.25) is 0 Å². The number of benzene rings is 2. The molecule has 0 saturated carbocycles. The van der Waals surface area contributed by atoms with Crippen LogP contribution in [0.25, 0.3) is 0 Å². The van der Waals surface area contributed by atoms with Crippen LogP contribution in [-0.2, 0) is 11.2 Å². The monoisotopic (exact) mass is 299 g/mol. The molecule has 2 aromatic carbocycles. The fourth-order valence-electron chi connectivity index (χ4n) is 2.44. The van der Waals surface area contributed by atoms with E-state index in [1.165, 1.54) is 11.6 Å². The minimum absolute atomic E-state index is 0.00807. The van der Waals surface area contributed by atoms with Gasteiger partial charge in [0, 0.05) is 6.42 Å². The first-order valence-electron chi connectivity index (χ1n) is 7.69. The lowest BCUT2D eigenvalue weighted by Crippen LogP contribution is -2.28. The Balaban J connectivity index is 1.92. The van der Waals surface area contributed by atoms with Gasteiger partial charge >= 0.3 is 0 Å². The Morgan fingerprint density at radius 1 is 1.14 bits per heavy atom. The summed E-state index contributed by atoms with van der Waals surface area (Å²) in [4.78, 5) is 12.1. The third-order valence-electron chi connectivity index (χ3n) is 3.80. The SMILES string of the molecule is CC[C@@H](NC(=O)CCc1ccccc1F)c1ccc(C)cc1. The highest BCUT2D eigenvalue weighted by atomic mass is 19.1. The van der Waals surface area contributed by atoms with Gasteiger partial charge in [-0.2, -0.15) is 0 Å². The van der Waals surface area contributed by atoms with Crippen molar-refractivity contribution in [2.45, 2.75) is 39.2 Å². The molecule has 2 aromatic rings. The molecule has 0 saturated heterocycles. The predicted molar refractivity (Wildman–Crippen MR) is 87.1 cm³/mol. The lowest BCUT2D eigenvalue weighted by atomic mass is 10.0. The highest BCUT2D eigenvalue weighted by Crippen LogP contribution is 2.17. The molecule has 1 N–H and O–H groups in total. The minimum Gasteiger partial charge on any atom is -0.349 e. The molecular weight excluding hydrogens is 277 g/mol. The van der Waals surface area contributed by atoms with Crippen LogP contribution in [0.15, 0.2) is 48.5 Å². The topological polar surface area (TPSA) is 29.1 Å². The molecule has 0 heterocycles. The number of hydrogen-bond donors (Lipinski definition) is 1. The second-order valence-electron chi connectivity index (χ2n) is 5.53. The van der Waals surface area contributed by atoms with Gasteiger partial charge in [0.2, 0.25) is 5.91 Å². The summed E-state index contributed by atoms with van der Waals surface area (Å²) in [6.07, 6.45) is 1.54. The van der Waals surface area contributed by atoms with Crippen LogP contribution < -0.4 is 5.32 Å². The van der Waals surface area contributed by atoms with Gasteiger partial charge in [0.25, 0.3) is 0 Å². The molecule has 1 amide bonds. The van der Waals surface area contributed by atoms with Gasteiger partial charge in [0.15, 0.2) is 0 Å². The molecule has 0 aromatic heterocycles. The van der Waals surface area contributed by atoms with Gasteiger partial charge in [-0.05, 0) is 37.0 Å². The van der Waals surface area contributed by atoms with Crippen molar-refractivity contribution in [3.8, 4) is 0 Å². The molecule has 0 unspecified atom stereocenters. The Hall–Kier alpha value is -2.16. The van der Waals surface area contributed by atoms with Crippen molar-refractivity contribution in [2.75, 3.05) is 0 Å². The van der Waals surface area contributed by atoms with Crippen molar-refractivity contribution >= 4 is 5.91 Å². The highest BCUT2D eigenvalue weighted by Gasteiger charge is 2.13. The molecule has 1 atom stereocenters. The lowest BCUT2D eigenvalue weighted by Gasteiger charge is -2.18. The van der Waals surface area contributed by atoms with E-state index in [9.17, 15) is 9.18 Å². The number of hydrogen-bond acceptors (Lipinski definition) is 1. The summed E-state index contributed by atoms with van der Waals surface area (Å²) in [7, 11) is 0. The Morgan fingerprint density at radius 2 is 1.82 bits per heavy atom. The van der Waals surface area contributed by atoms with Crippen molar-refractivity contribution in [1.29, 1.82) is 0 Å². The molecule has 0 aliphatic carbocycles. The van der Waals surface area contributed by atoms with E-state index >= 15 is 0 Å². The minimum atomic E-state index is -0.249. The summed E-state index contributed by atoms with van der Waals surface area (Å²) in [5.74, 6) is -0.295.